The smallest absolute Gasteiger partial charge is 0.269 e. The Morgan fingerprint density at radius 3 is 2.71 bits per heavy atom. The van der Waals surface area contributed by atoms with Gasteiger partial charge < -0.3 is 10.1 Å². The summed E-state index contributed by atoms with van der Waals surface area (Å²) in [6, 6.07) is 10.7. The Morgan fingerprint density at radius 1 is 1.29 bits per heavy atom. The lowest BCUT2D eigenvalue weighted by Gasteiger charge is -2.16. The molecule has 1 N–H and O–H groups in total. The zero-order valence-electron chi connectivity index (χ0n) is 11.7. The number of hydrogen-bond donors (Lipinski definition) is 1. The van der Waals surface area contributed by atoms with Crippen LogP contribution >= 0.6 is 0 Å². The van der Waals surface area contributed by atoms with E-state index in [4.69, 9.17) is 4.74 Å². The molecule has 0 amide bonds. The molecule has 2 rings (SSSR count). The summed E-state index contributed by atoms with van der Waals surface area (Å²) in [5, 5.41) is 13.9. The molecular formula is C15H15FN2O3. The lowest BCUT2D eigenvalue weighted by Crippen LogP contribution is -2.07. The van der Waals surface area contributed by atoms with Crippen LogP contribution in [0, 0.1) is 15.9 Å². The lowest BCUT2D eigenvalue weighted by molar-refractivity contribution is -0.384. The van der Waals surface area contributed by atoms with Crippen molar-refractivity contribution in [3.8, 4) is 5.75 Å². The summed E-state index contributed by atoms with van der Waals surface area (Å²) >= 11 is 0. The quantitative estimate of drug-likeness (QED) is 0.669. The summed E-state index contributed by atoms with van der Waals surface area (Å²) in [4.78, 5) is 10.3. The van der Waals surface area contributed by atoms with Crippen molar-refractivity contribution in [2.24, 2.45) is 0 Å². The van der Waals surface area contributed by atoms with Crippen molar-refractivity contribution in [3.63, 3.8) is 0 Å². The van der Waals surface area contributed by atoms with Crippen LogP contribution in [0.3, 0.4) is 0 Å². The molecule has 2 aromatic carbocycles. The zero-order chi connectivity index (χ0) is 15.4. The number of nitro groups is 1. The SMILES string of the molecule is COc1cc(NC(C)c2cccc([N+](=O)[O-])c2)ccc1F. The summed E-state index contributed by atoms with van der Waals surface area (Å²) in [5.41, 5.74) is 1.48. The second-order valence-corrected chi connectivity index (χ2v) is 4.57. The monoisotopic (exact) mass is 290 g/mol. The topological polar surface area (TPSA) is 64.4 Å². The molecule has 0 radical (unpaired) electrons. The Kier molecular flexibility index (Phi) is 4.37. The minimum atomic E-state index is -0.439. The van der Waals surface area contributed by atoms with Crippen molar-refractivity contribution in [2.45, 2.75) is 13.0 Å². The zero-order valence-corrected chi connectivity index (χ0v) is 11.7. The summed E-state index contributed by atoms with van der Waals surface area (Å²) in [7, 11) is 1.40. The Morgan fingerprint density at radius 2 is 2.05 bits per heavy atom. The van der Waals surface area contributed by atoms with Crippen LogP contribution in [0.5, 0.6) is 5.75 Å². The van der Waals surface area contributed by atoms with Gasteiger partial charge in [0.1, 0.15) is 0 Å². The molecule has 0 bridgehead atoms. The number of nitro benzene ring substituents is 1. The molecule has 110 valence electrons. The summed E-state index contributed by atoms with van der Waals surface area (Å²) < 4.78 is 18.3. The number of rotatable bonds is 5. The highest BCUT2D eigenvalue weighted by Gasteiger charge is 2.12. The van der Waals surface area contributed by atoms with Gasteiger partial charge in [0.15, 0.2) is 11.6 Å². The normalized spacial score (nSPS) is 11.8. The van der Waals surface area contributed by atoms with E-state index in [2.05, 4.69) is 5.32 Å². The molecule has 0 spiro atoms. The predicted molar refractivity (Wildman–Crippen MR) is 78.1 cm³/mol. The molecule has 0 aromatic heterocycles. The molecule has 6 heteroatoms. The third-order valence-corrected chi connectivity index (χ3v) is 3.12. The van der Waals surface area contributed by atoms with Crippen LogP contribution in [-0.4, -0.2) is 12.0 Å². The van der Waals surface area contributed by atoms with E-state index in [0.29, 0.717) is 5.69 Å². The Labute approximate surface area is 121 Å². The van der Waals surface area contributed by atoms with Gasteiger partial charge in [-0.15, -0.1) is 0 Å². The fraction of sp³-hybridized carbons (Fsp3) is 0.200. The van der Waals surface area contributed by atoms with Crippen molar-refractivity contribution in [1.29, 1.82) is 0 Å². The van der Waals surface area contributed by atoms with Crippen LogP contribution in [0.25, 0.3) is 0 Å². The van der Waals surface area contributed by atoms with E-state index in [1.165, 1.54) is 25.3 Å². The molecular weight excluding hydrogens is 275 g/mol. The molecule has 21 heavy (non-hydrogen) atoms. The molecule has 0 saturated carbocycles. The van der Waals surface area contributed by atoms with E-state index in [-0.39, 0.29) is 17.5 Å². The van der Waals surface area contributed by atoms with Gasteiger partial charge in [0.2, 0.25) is 0 Å². The van der Waals surface area contributed by atoms with E-state index >= 15 is 0 Å². The number of hydrogen-bond acceptors (Lipinski definition) is 4. The van der Waals surface area contributed by atoms with Crippen molar-refractivity contribution in [2.75, 3.05) is 12.4 Å². The van der Waals surface area contributed by atoms with Gasteiger partial charge in [-0.25, -0.2) is 4.39 Å². The Hall–Kier alpha value is -2.63. The average molecular weight is 290 g/mol. The summed E-state index contributed by atoms with van der Waals surface area (Å²) in [6.45, 7) is 1.87. The predicted octanol–water partition coefficient (Wildman–Crippen LogP) is 3.92. The highest BCUT2D eigenvalue weighted by molar-refractivity contribution is 5.51. The minimum Gasteiger partial charge on any atom is -0.494 e. The first-order valence-electron chi connectivity index (χ1n) is 6.35. The number of nitrogens with zero attached hydrogens (tertiary/aromatic N) is 1. The third kappa shape index (κ3) is 3.47. The van der Waals surface area contributed by atoms with E-state index < -0.39 is 10.7 Å². The number of nitrogens with one attached hydrogen (secondary N) is 1. The standard InChI is InChI=1S/C15H15FN2O3/c1-10(11-4-3-5-13(8-11)18(19)20)17-12-6-7-14(16)15(9-12)21-2/h3-10,17H,1-2H3. The highest BCUT2D eigenvalue weighted by Crippen LogP contribution is 2.26. The fourth-order valence-corrected chi connectivity index (χ4v) is 1.99. The third-order valence-electron chi connectivity index (χ3n) is 3.12. The molecule has 0 saturated heterocycles. The number of halogens is 1. The molecule has 1 unspecified atom stereocenters. The number of ether oxygens (including phenoxy) is 1. The first-order chi connectivity index (χ1) is 10.0. The number of non-ortho nitro benzene ring substituents is 1. The number of benzene rings is 2. The average Bonchev–Trinajstić information content (AvgIpc) is 2.49. The van der Waals surface area contributed by atoms with E-state index in [9.17, 15) is 14.5 Å². The van der Waals surface area contributed by atoms with E-state index in [1.807, 2.05) is 6.92 Å². The van der Waals surface area contributed by atoms with Crippen molar-refractivity contribution in [3.05, 3.63) is 64.0 Å². The Balaban J connectivity index is 2.19. The van der Waals surface area contributed by atoms with Crippen LogP contribution in [0.15, 0.2) is 42.5 Å². The molecule has 0 fully saturated rings. The van der Waals surface area contributed by atoms with Crippen LogP contribution in [0.1, 0.15) is 18.5 Å². The Bertz CT molecular complexity index is 661. The maximum Gasteiger partial charge on any atom is 0.269 e. The van der Waals surface area contributed by atoms with Crippen LogP contribution in [0.2, 0.25) is 0 Å². The van der Waals surface area contributed by atoms with Crippen LogP contribution < -0.4 is 10.1 Å². The maximum absolute atomic E-state index is 13.3. The molecule has 2 aromatic rings. The lowest BCUT2D eigenvalue weighted by atomic mass is 10.1. The molecule has 0 aliphatic heterocycles. The van der Waals surface area contributed by atoms with Crippen LogP contribution in [-0.2, 0) is 0 Å². The van der Waals surface area contributed by atoms with Gasteiger partial charge in [-0.05, 0) is 24.6 Å². The van der Waals surface area contributed by atoms with Gasteiger partial charge >= 0.3 is 0 Å². The van der Waals surface area contributed by atoms with Gasteiger partial charge in [-0.1, -0.05) is 12.1 Å². The van der Waals surface area contributed by atoms with Crippen molar-refractivity contribution >= 4 is 11.4 Å². The molecule has 0 heterocycles. The molecule has 1 atom stereocenters. The second-order valence-electron chi connectivity index (χ2n) is 4.57. The van der Waals surface area contributed by atoms with Crippen molar-refractivity contribution in [1.82, 2.24) is 0 Å². The van der Waals surface area contributed by atoms with E-state index in [1.54, 1.807) is 24.3 Å². The second kappa shape index (κ2) is 6.21. The fourth-order valence-electron chi connectivity index (χ4n) is 1.99. The first kappa shape index (κ1) is 14.8. The largest absolute Gasteiger partial charge is 0.494 e. The van der Waals surface area contributed by atoms with Gasteiger partial charge in [-0.2, -0.15) is 0 Å². The van der Waals surface area contributed by atoms with Gasteiger partial charge in [0.05, 0.1) is 12.0 Å². The minimum absolute atomic E-state index is 0.0397. The molecule has 5 nitrogen and oxygen atoms in total. The first-order valence-corrected chi connectivity index (χ1v) is 6.35. The van der Waals surface area contributed by atoms with Crippen LogP contribution in [0.4, 0.5) is 15.8 Å². The van der Waals surface area contributed by atoms with Gasteiger partial charge in [-0.3, -0.25) is 10.1 Å². The van der Waals surface area contributed by atoms with Gasteiger partial charge in [0.25, 0.3) is 5.69 Å². The number of anilines is 1. The molecule has 0 aliphatic carbocycles. The maximum atomic E-state index is 13.3. The van der Waals surface area contributed by atoms with E-state index in [0.717, 1.165) is 5.56 Å². The van der Waals surface area contributed by atoms with Crippen molar-refractivity contribution < 1.29 is 14.1 Å². The summed E-state index contributed by atoms with van der Waals surface area (Å²) in [5.74, 6) is -0.294. The summed E-state index contributed by atoms with van der Waals surface area (Å²) in [6.07, 6.45) is 0. The molecule has 0 aliphatic rings. The van der Waals surface area contributed by atoms with Gasteiger partial charge in [0, 0.05) is 29.9 Å². The number of methoxy groups -OCH3 is 1. The highest BCUT2D eigenvalue weighted by atomic mass is 19.1.